The summed E-state index contributed by atoms with van der Waals surface area (Å²) in [5.74, 6) is 0.935. The van der Waals surface area contributed by atoms with E-state index in [0.717, 1.165) is 12.3 Å². The molecule has 1 rings (SSSR count). The molecule has 2 nitrogen and oxygen atoms in total. The smallest absolute Gasteiger partial charge is 0.207 e. The maximum atomic E-state index is 10.2. The van der Waals surface area contributed by atoms with Gasteiger partial charge in [-0.25, -0.2) is 0 Å². The Labute approximate surface area is 81.1 Å². The van der Waals surface area contributed by atoms with E-state index in [-0.39, 0.29) is 0 Å². The van der Waals surface area contributed by atoms with E-state index in [1.165, 1.54) is 44.9 Å². The van der Waals surface area contributed by atoms with Gasteiger partial charge in [-0.2, -0.15) is 0 Å². The van der Waals surface area contributed by atoms with Gasteiger partial charge in [0, 0.05) is 6.04 Å². The molecule has 0 unspecified atom stereocenters. The first-order valence-corrected chi connectivity index (χ1v) is 5.56. The third kappa shape index (κ3) is 3.79. The van der Waals surface area contributed by atoms with Crippen LogP contribution in [-0.4, -0.2) is 12.5 Å². The molecule has 0 bridgehead atoms. The Morgan fingerprint density at radius 2 is 2.00 bits per heavy atom. The Morgan fingerprint density at radius 1 is 1.31 bits per heavy atom. The standard InChI is InChI=1S/C11H21NO/c1-2-3-4-10-5-7-11(8-6-10)12-9-13/h9-11H,2-8H2,1H3,(H,12,13)/t10-,11+. The average Bonchev–Trinajstić information content (AvgIpc) is 2.17. The third-order valence-electron chi connectivity index (χ3n) is 3.12. The van der Waals surface area contributed by atoms with Gasteiger partial charge in [-0.15, -0.1) is 0 Å². The first-order chi connectivity index (χ1) is 6.36. The van der Waals surface area contributed by atoms with Crippen LogP contribution in [0.3, 0.4) is 0 Å². The molecule has 0 aromatic rings. The quantitative estimate of drug-likeness (QED) is 0.652. The third-order valence-corrected chi connectivity index (χ3v) is 3.12. The van der Waals surface area contributed by atoms with E-state index in [4.69, 9.17) is 0 Å². The summed E-state index contributed by atoms with van der Waals surface area (Å²) in [4.78, 5) is 10.2. The normalized spacial score (nSPS) is 28.4. The number of nitrogens with one attached hydrogen (secondary N) is 1. The second kappa shape index (κ2) is 6.01. The number of carbonyl (C=O) groups excluding carboxylic acids is 1. The minimum atomic E-state index is 0.468. The maximum absolute atomic E-state index is 10.2. The zero-order valence-corrected chi connectivity index (χ0v) is 8.59. The van der Waals surface area contributed by atoms with Crippen LogP contribution in [0.4, 0.5) is 0 Å². The van der Waals surface area contributed by atoms with E-state index in [2.05, 4.69) is 12.2 Å². The van der Waals surface area contributed by atoms with Crippen molar-refractivity contribution in [2.24, 2.45) is 5.92 Å². The molecular formula is C11H21NO. The first kappa shape index (κ1) is 10.6. The highest BCUT2D eigenvalue weighted by Crippen LogP contribution is 2.27. The molecular weight excluding hydrogens is 162 g/mol. The molecule has 0 aliphatic heterocycles. The Morgan fingerprint density at radius 3 is 2.54 bits per heavy atom. The predicted octanol–water partition coefficient (Wildman–Crippen LogP) is 2.48. The lowest BCUT2D eigenvalue weighted by Crippen LogP contribution is -2.32. The highest BCUT2D eigenvalue weighted by atomic mass is 16.1. The SMILES string of the molecule is CCCC[C@H]1CC[C@@H](NC=O)CC1. The van der Waals surface area contributed by atoms with E-state index in [0.29, 0.717) is 6.04 Å². The predicted molar refractivity (Wildman–Crippen MR) is 54.5 cm³/mol. The van der Waals surface area contributed by atoms with Gasteiger partial charge in [0.25, 0.3) is 0 Å². The van der Waals surface area contributed by atoms with Crippen molar-refractivity contribution < 1.29 is 4.79 Å². The fraction of sp³-hybridized carbons (Fsp3) is 0.909. The molecule has 0 aromatic heterocycles. The summed E-state index contributed by atoms with van der Waals surface area (Å²) in [6, 6.07) is 0.468. The van der Waals surface area contributed by atoms with Crippen molar-refractivity contribution in [3.63, 3.8) is 0 Å². The van der Waals surface area contributed by atoms with Gasteiger partial charge in [-0.05, 0) is 31.6 Å². The van der Waals surface area contributed by atoms with Gasteiger partial charge in [-0.3, -0.25) is 4.79 Å². The van der Waals surface area contributed by atoms with Gasteiger partial charge >= 0.3 is 0 Å². The van der Waals surface area contributed by atoms with E-state index >= 15 is 0 Å². The van der Waals surface area contributed by atoms with Crippen LogP contribution in [0.1, 0.15) is 51.9 Å². The highest BCUT2D eigenvalue weighted by molar-refractivity contribution is 5.46. The number of carbonyl (C=O) groups is 1. The highest BCUT2D eigenvalue weighted by Gasteiger charge is 2.19. The van der Waals surface area contributed by atoms with Crippen molar-refractivity contribution >= 4 is 6.41 Å². The first-order valence-electron chi connectivity index (χ1n) is 5.56. The topological polar surface area (TPSA) is 29.1 Å². The molecule has 1 saturated carbocycles. The summed E-state index contributed by atoms with van der Waals surface area (Å²) in [7, 11) is 0. The summed E-state index contributed by atoms with van der Waals surface area (Å²) in [6.07, 6.45) is 9.92. The Hall–Kier alpha value is -0.530. The number of rotatable bonds is 5. The van der Waals surface area contributed by atoms with Crippen molar-refractivity contribution in [3.05, 3.63) is 0 Å². The fourth-order valence-corrected chi connectivity index (χ4v) is 2.21. The minimum absolute atomic E-state index is 0.468. The van der Waals surface area contributed by atoms with E-state index in [1.807, 2.05) is 0 Å². The van der Waals surface area contributed by atoms with Gasteiger partial charge in [0.2, 0.25) is 6.41 Å². The maximum Gasteiger partial charge on any atom is 0.207 e. The van der Waals surface area contributed by atoms with Crippen LogP contribution in [0.2, 0.25) is 0 Å². The summed E-state index contributed by atoms with van der Waals surface area (Å²) >= 11 is 0. The van der Waals surface area contributed by atoms with Crippen molar-refractivity contribution in [2.45, 2.75) is 57.9 Å². The van der Waals surface area contributed by atoms with Crippen LogP contribution in [0.5, 0.6) is 0 Å². The molecule has 0 atom stereocenters. The van der Waals surface area contributed by atoms with Crippen LogP contribution < -0.4 is 5.32 Å². The Kier molecular flexibility index (Phi) is 4.87. The Bertz CT molecular complexity index is 139. The monoisotopic (exact) mass is 183 g/mol. The molecule has 1 amide bonds. The van der Waals surface area contributed by atoms with Crippen LogP contribution in [-0.2, 0) is 4.79 Å². The summed E-state index contributed by atoms with van der Waals surface area (Å²) < 4.78 is 0. The van der Waals surface area contributed by atoms with Crippen LogP contribution in [0.15, 0.2) is 0 Å². The molecule has 1 fully saturated rings. The van der Waals surface area contributed by atoms with Crippen LogP contribution in [0, 0.1) is 5.92 Å². The van der Waals surface area contributed by atoms with Crippen molar-refractivity contribution in [3.8, 4) is 0 Å². The second-order valence-corrected chi connectivity index (χ2v) is 4.14. The molecule has 1 aliphatic rings. The van der Waals surface area contributed by atoms with Crippen molar-refractivity contribution in [2.75, 3.05) is 0 Å². The van der Waals surface area contributed by atoms with Gasteiger partial charge in [0.15, 0.2) is 0 Å². The van der Waals surface area contributed by atoms with Gasteiger partial charge in [0.05, 0.1) is 0 Å². The second-order valence-electron chi connectivity index (χ2n) is 4.14. The number of hydrogen-bond acceptors (Lipinski definition) is 1. The molecule has 76 valence electrons. The van der Waals surface area contributed by atoms with Crippen molar-refractivity contribution in [1.29, 1.82) is 0 Å². The number of amides is 1. The lowest BCUT2D eigenvalue weighted by molar-refractivity contribution is -0.110. The van der Waals surface area contributed by atoms with Gasteiger partial charge < -0.3 is 5.32 Å². The molecule has 1 aliphatic carbocycles. The molecule has 0 saturated heterocycles. The minimum Gasteiger partial charge on any atom is -0.356 e. The van der Waals surface area contributed by atoms with E-state index < -0.39 is 0 Å². The average molecular weight is 183 g/mol. The lowest BCUT2D eigenvalue weighted by atomic mass is 9.83. The van der Waals surface area contributed by atoms with Crippen molar-refractivity contribution in [1.82, 2.24) is 5.32 Å². The van der Waals surface area contributed by atoms with E-state index in [1.54, 1.807) is 0 Å². The Balaban J connectivity index is 2.11. The number of unbranched alkanes of at least 4 members (excludes halogenated alkanes) is 1. The van der Waals surface area contributed by atoms with Crippen LogP contribution in [0.25, 0.3) is 0 Å². The lowest BCUT2D eigenvalue weighted by Gasteiger charge is -2.27. The van der Waals surface area contributed by atoms with E-state index in [9.17, 15) is 4.79 Å². The summed E-state index contributed by atoms with van der Waals surface area (Å²) in [5, 5.41) is 2.88. The molecule has 2 heteroatoms. The summed E-state index contributed by atoms with van der Waals surface area (Å²) in [5.41, 5.74) is 0. The fourth-order valence-electron chi connectivity index (χ4n) is 2.21. The van der Waals surface area contributed by atoms with Crippen LogP contribution >= 0.6 is 0 Å². The largest absolute Gasteiger partial charge is 0.356 e. The molecule has 0 spiro atoms. The molecule has 0 heterocycles. The molecule has 1 N–H and O–H groups in total. The molecule has 0 aromatic carbocycles. The molecule has 13 heavy (non-hydrogen) atoms. The van der Waals surface area contributed by atoms with Gasteiger partial charge in [0.1, 0.15) is 0 Å². The zero-order chi connectivity index (χ0) is 9.52. The number of hydrogen-bond donors (Lipinski definition) is 1. The molecule has 0 radical (unpaired) electrons. The zero-order valence-electron chi connectivity index (χ0n) is 8.59. The van der Waals surface area contributed by atoms with Gasteiger partial charge in [-0.1, -0.05) is 26.2 Å². The summed E-state index contributed by atoms with van der Waals surface area (Å²) in [6.45, 7) is 2.25.